The molecule has 3 aromatic heterocycles. The maximum Gasteiger partial charge on any atom is 1.00 e. The van der Waals surface area contributed by atoms with Crippen molar-refractivity contribution in [2.75, 3.05) is 31.1 Å². The van der Waals surface area contributed by atoms with Crippen LogP contribution >= 0.6 is 41.9 Å². The summed E-state index contributed by atoms with van der Waals surface area (Å²) in [6, 6.07) is 16.4. The topological polar surface area (TPSA) is 196 Å². The number of alkyl halides is 9. The van der Waals surface area contributed by atoms with E-state index in [4.69, 9.17) is 39.5 Å². The van der Waals surface area contributed by atoms with Gasteiger partial charge in [0.15, 0.2) is 19.7 Å². The van der Waals surface area contributed by atoms with E-state index in [1.807, 2.05) is 0 Å². The Morgan fingerprint density at radius 2 is 1.04 bits per heavy atom. The molecule has 3 heterocycles. The summed E-state index contributed by atoms with van der Waals surface area (Å²) in [7, 11) is -8.61. The molecule has 6 aromatic rings. The third-order valence-electron chi connectivity index (χ3n) is 9.60. The van der Waals surface area contributed by atoms with Gasteiger partial charge in [-0.1, -0.05) is 48.0 Å². The monoisotopic (exact) mass is 1160 g/mol. The zero-order chi connectivity index (χ0) is 54.4. The van der Waals surface area contributed by atoms with Crippen molar-refractivity contribution in [2.24, 2.45) is 0 Å². The number of para-hydroxylation sites is 2. The maximum atomic E-state index is 13.8. The van der Waals surface area contributed by atoms with Crippen LogP contribution in [0.4, 0.5) is 62.5 Å². The van der Waals surface area contributed by atoms with Crippen LogP contribution in [0.2, 0.25) is 15.7 Å². The molecule has 392 valence electrons. The molecule has 73 heavy (non-hydrogen) atoms. The van der Waals surface area contributed by atoms with Crippen molar-refractivity contribution in [1.82, 2.24) is 29.9 Å². The average molecular weight is 1160 g/mol. The molecule has 0 atom stereocenters. The molecule has 0 amide bonds. The van der Waals surface area contributed by atoms with Crippen LogP contribution in [0.15, 0.2) is 95.1 Å². The number of nitrogens with one attached hydrogen (secondary N) is 2. The van der Waals surface area contributed by atoms with E-state index in [2.05, 4.69) is 40.5 Å². The van der Waals surface area contributed by atoms with Crippen LogP contribution in [0, 0.1) is 0 Å². The zero-order valence-corrected chi connectivity index (χ0v) is 46.2. The summed E-state index contributed by atoms with van der Waals surface area (Å²) in [6.45, 7) is 9.18. The molecular formula is C43H42Cl3F9N8NaO6PS2. The van der Waals surface area contributed by atoms with Crippen LogP contribution in [0.5, 0.6) is 5.75 Å². The molecular weight excluding hydrogens is 1120 g/mol. The number of benzene rings is 3. The van der Waals surface area contributed by atoms with Gasteiger partial charge in [0.05, 0.1) is 38.8 Å². The van der Waals surface area contributed by atoms with Crippen LogP contribution in [-0.4, -0.2) is 77.7 Å². The van der Waals surface area contributed by atoms with Gasteiger partial charge in [-0.3, -0.25) is 0 Å². The van der Waals surface area contributed by atoms with Gasteiger partial charge in [-0.2, -0.15) is 44.5 Å². The Bertz CT molecular complexity index is 3200. The van der Waals surface area contributed by atoms with Crippen LogP contribution in [0.3, 0.4) is 0 Å². The molecule has 2 N–H and O–H groups in total. The standard InChI is InChI=1S/C24H27F3N3O4PS.C14H13ClF3N3O2S.C5HCl2F3N2.Na.H/c1-15(2)36(32,33)21-9-7-6-8-19(21)29-23-18(24(25,26)27)14-28-22(30-23)12-16-10-11-17(35(4,5)31)13-20(16)34-3;1-8(2)24(22,23)11-6-4-3-5-10(11)20-12-9(14(16,17)18)7-19-13(15)21-12;6-3-2(5(8,9)10)1-11-4(7)12-3;;/h6-11,13-15H,12H2,1-5H3,(H,28,29,30);3-8H,1-2H3,(H,19,20,21);1H;;/q;;;+1;-1. The van der Waals surface area contributed by atoms with Gasteiger partial charge in [0.2, 0.25) is 10.6 Å². The molecule has 0 bridgehead atoms. The van der Waals surface area contributed by atoms with E-state index in [0.717, 1.165) is 0 Å². The van der Waals surface area contributed by atoms with Gasteiger partial charge in [0, 0.05) is 35.9 Å². The van der Waals surface area contributed by atoms with Gasteiger partial charge in [0.25, 0.3) is 0 Å². The Hall–Kier alpha value is -4.33. The Morgan fingerprint density at radius 3 is 1.45 bits per heavy atom. The molecule has 30 heteroatoms. The third kappa shape index (κ3) is 16.8. The largest absolute Gasteiger partial charge is 1.00 e. The Morgan fingerprint density at radius 1 is 0.630 bits per heavy atom. The first kappa shape index (κ1) is 63.0. The average Bonchev–Trinajstić information content (AvgIpc) is 3.25. The summed E-state index contributed by atoms with van der Waals surface area (Å²) < 4.78 is 184. The van der Waals surface area contributed by atoms with E-state index in [-0.39, 0.29) is 69.7 Å². The van der Waals surface area contributed by atoms with Gasteiger partial charge in [-0.05, 0) is 94.6 Å². The van der Waals surface area contributed by atoms with E-state index in [0.29, 0.717) is 35.2 Å². The van der Waals surface area contributed by atoms with Crippen molar-refractivity contribution in [3.8, 4) is 5.75 Å². The van der Waals surface area contributed by atoms with E-state index in [1.165, 1.54) is 83.3 Å². The van der Waals surface area contributed by atoms with Crippen LogP contribution in [0.25, 0.3) is 0 Å². The normalized spacial score (nSPS) is 12.2. The Kier molecular flexibility index (Phi) is 21.6. The predicted octanol–water partition coefficient (Wildman–Crippen LogP) is 9.26. The summed E-state index contributed by atoms with van der Waals surface area (Å²) in [6.07, 6.45) is -12.3. The first-order valence-corrected chi connectivity index (χ1v) is 27.1. The number of nitrogens with zero attached hydrogens (tertiary/aromatic N) is 6. The van der Waals surface area contributed by atoms with Gasteiger partial charge in [-0.25, -0.2) is 41.8 Å². The first-order valence-electron chi connectivity index (χ1n) is 20.3. The minimum absolute atomic E-state index is 0. The molecule has 0 saturated carbocycles. The van der Waals surface area contributed by atoms with Crippen molar-refractivity contribution in [2.45, 2.75) is 72.9 Å². The molecule has 0 aliphatic carbocycles. The molecule has 0 aliphatic rings. The molecule has 0 aliphatic heterocycles. The molecule has 3 aromatic carbocycles. The minimum atomic E-state index is -4.78. The van der Waals surface area contributed by atoms with Gasteiger partial charge >= 0.3 is 48.1 Å². The number of halogens is 12. The number of ether oxygens (including phenoxy) is 1. The smallest absolute Gasteiger partial charge is 1.00 e. The molecule has 6 rings (SSSR count). The molecule has 0 saturated heterocycles. The van der Waals surface area contributed by atoms with Gasteiger partial charge < -0.3 is 21.4 Å². The van der Waals surface area contributed by atoms with E-state index >= 15 is 0 Å². The number of sulfone groups is 2. The fourth-order valence-corrected chi connectivity index (χ4v) is 9.60. The number of hydrogen-bond donors (Lipinski definition) is 2. The van der Waals surface area contributed by atoms with Crippen molar-refractivity contribution >= 4 is 89.9 Å². The molecule has 14 nitrogen and oxygen atoms in total. The van der Waals surface area contributed by atoms with E-state index in [9.17, 15) is 60.9 Å². The van der Waals surface area contributed by atoms with Crippen molar-refractivity contribution in [3.05, 3.63) is 129 Å². The quantitative estimate of drug-likeness (QED) is 0.0387. The van der Waals surface area contributed by atoms with Crippen LogP contribution in [0.1, 0.15) is 57.2 Å². The zero-order valence-electron chi connectivity index (χ0n) is 40.4. The SMILES string of the molecule is CC(C)S(=O)(=O)c1ccccc1Nc1nc(Cl)ncc1C(F)(F)F.COc1cc(P(C)(C)=O)ccc1Cc1ncc(C(F)(F)F)c(Nc2ccccc2S(=O)(=O)C(C)C)n1.FC(F)(F)c1cnc(Cl)nc1Cl.[H-].[Na+]. The maximum absolute atomic E-state index is 13.8. The molecule has 0 radical (unpaired) electrons. The minimum Gasteiger partial charge on any atom is -1.00 e. The number of rotatable bonds is 12. The van der Waals surface area contributed by atoms with E-state index < -0.39 is 94.6 Å². The number of hydrogen-bond acceptors (Lipinski definition) is 14. The Labute approximate surface area is 452 Å². The number of anilines is 4. The molecule has 0 spiro atoms. The summed E-state index contributed by atoms with van der Waals surface area (Å²) in [5, 5.41) is 2.67. The van der Waals surface area contributed by atoms with Gasteiger partial charge in [-0.15, -0.1) is 0 Å². The molecule has 0 fully saturated rings. The summed E-state index contributed by atoms with van der Waals surface area (Å²) in [4.78, 5) is 20.9. The van der Waals surface area contributed by atoms with Crippen molar-refractivity contribution in [1.29, 1.82) is 0 Å². The fraction of sp³-hybridized carbons (Fsp3) is 0.302. The predicted molar refractivity (Wildman–Crippen MR) is 256 cm³/mol. The number of methoxy groups -OCH3 is 1. The number of aromatic nitrogens is 6. The third-order valence-corrected chi connectivity index (χ3v) is 16.2. The van der Waals surface area contributed by atoms with Gasteiger partial charge in [0.1, 0.15) is 52.2 Å². The van der Waals surface area contributed by atoms with Crippen LogP contribution in [-0.2, 0) is 49.2 Å². The fourth-order valence-electron chi connectivity index (χ4n) is 5.78. The summed E-state index contributed by atoms with van der Waals surface area (Å²) >= 11 is 15.9. The second-order valence-electron chi connectivity index (χ2n) is 15.7. The second-order valence-corrected chi connectivity index (χ2v) is 24.9. The van der Waals surface area contributed by atoms with Crippen LogP contribution < -0.4 is 50.2 Å². The van der Waals surface area contributed by atoms with Crippen molar-refractivity contribution in [3.63, 3.8) is 0 Å². The Balaban J connectivity index is 0.000000423. The molecule has 0 unspecified atom stereocenters. The summed E-state index contributed by atoms with van der Waals surface area (Å²) in [5.41, 5.74) is -2.83. The summed E-state index contributed by atoms with van der Waals surface area (Å²) in [5.74, 6) is -0.727. The first-order chi connectivity index (χ1) is 33.1. The van der Waals surface area contributed by atoms with Crippen molar-refractivity contribution < 1.29 is 96.6 Å². The second kappa shape index (κ2) is 25.0. The van der Waals surface area contributed by atoms with E-state index in [1.54, 1.807) is 31.5 Å².